The Labute approximate surface area is 157 Å². The summed E-state index contributed by atoms with van der Waals surface area (Å²) in [6, 6.07) is 4.85. The third-order valence-electron chi connectivity index (χ3n) is 5.48. The Kier molecular flexibility index (Phi) is 6.47. The molecule has 6 nitrogen and oxygen atoms in total. The molecule has 3 N–H and O–H groups in total. The van der Waals surface area contributed by atoms with Crippen LogP contribution in [0.15, 0.2) is 23.1 Å². The summed E-state index contributed by atoms with van der Waals surface area (Å²) >= 11 is 0. The minimum atomic E-state index is -3.59. The van der Waals surface area contributed by atoms with Gasteiger partial charge in [-0.2, -0.15) is 4.31 Å². The number of nitrogens with one attached hydrogen (secondary N) is 1. The molecule has 1 heterocycles. The molecule has 0 bridgehead atoms. The zero-order valence-corrected chi connectivity index (χ0v) is 17.0. The van der Waals surface area contributed by atoms with E-state index in [1.54, 1.807) is 19.1 Å². The van der Waals surface area contributed by atoms with Crippen LogP contribution in [0, 0.1) is 12.8 Å². The maximum atomic E-state index is 13.0. The number of carbonyl (C=O) groups is 1. The molecule has 0 radical (unpaired) electrons. The van der Waals surface area contributed by atoms with Gasteiger partial charge in [0.25, 0.3) is 5.91 Å². The minimum absolute atomic E-state index is 0.151. The number of nitrogens with two attached hydrogens (primary N) is 1. The van der Waals surface area contributed by atoms with Crippen molar-refractivity contribution in [3.05, 3.63) is 29.3 Å². The van der Waals surface area contributed by atoms with E-state index in [1.807, 2.05) is 20.8 Å². The standard InChI is InChI=1S/C19H31N3O3S/c1-14(2)19(4,13-20)21-18(23)16-9-8-15(3)17(12-16)26(24,25)22-10-6-5-7-11-22/h8-9,12,14H,5-7,10-11,13,20H2,1-4H3,(H,21,23). The molecule has 26 heavy (non-hydrogen) atoms. The van der Waals surface area contributed by atoms with Gasteiger partial charge in [-0.1, -0.05) is 26.3 Å². The molecule has 0 aliphatic carbocycles. The van der Waals surface area contributed by atoms with E-state index in [4.69, 9.17) is 5.73 Å². The van der Waals surface area contributed by atoms with Gasteiger partial charge in [0.05, 0.1) is 10.4 Å². The van der Waals surface area contributed by atoms with E-state index in [2.05, 4.69) is 5.32 Å². The highest BCUT2D eigenvalue weighted by molar-refractivity contribution is 7.89. The molecule has 1 aliphatic rings. The van der Waals surface area contributed by atoms with Gasteiger partial charge in [0, 0.05) is 25.2 Å². The second-order valence-electron chi connectivity index (χ2n) is 7.68. The van der Waals surface area contributed by atoms with Gasteiger partial charge in [0.15, 0.2) is 0 Å². The first-order valence-corrected chi connectivity index (χ1v) is 10.7. The molecule has 1 aromatic carbocycles. The third kappa shape index (κ3) is 4.27. The monoisotopic (exact) mass is 381 g/mol. The fourth-order valence-corrected chi connectivity index (χ4v) is 4.79. The van der Waals surface area contributed by atoms with Crippen molar-refractivity contribution in [2.24, 2.45) is 11.7 Å². The lowest BCUT2D eigenvalue weighted by atomic mass is 9.88. The smallest absolute Gasteiger partial charge is 0.251 e. The summed E-state index contributed by atoms with van der Waals surface area (Å²) in [6.07, 6.45) is 2.81. The maximum absolute atomic E-state index is 13.0. The Morgan fingerprint density at radius 3 is 2.42 bits per heavy atom. The van der Waals surface area contributed by atoms with E-state index in [0.717, 1.165) is 19.3 Å². The van der Waals surface area contributed by atoms with E-state index in [1.165, 1.54) is 10.4 Å². The van der Waals surface area contributed by atoms with E-state index in [-0.39, 0.29) is 16.7 Å². The molecule has 1 aliphatic heterocycles. The van der Waals surface area contributed by atoms with Gasteiger partial charge in [-0.15, -0.1) is 0 Å². The average molecular weight is 382 g/mol. The van der Waals surface area contributed by atoms with Gasteiger partial charge < -0.3 is 11.1 Å². The highest BCUT2D eigenvalue weighted by Crippen LogP contribution is 2.25. The molecule has 1 amide bonds. The molecule has 7 heteroatoms. The van der Waals surface area contributed by atoms with E-state index >= 15 is 0 Å². The van der Waals surface area contributed by atoms with Crippen LogP contribution in [0.1, 0.15) is 56.0 Å². The van der Waals surface area contributed by atoms with Crippen LogP contribution in [-0.2, 0) is 10.0 Å². The SMILES string of the molecule is Cc1ccc(C(=O)NC(C)(CN)C(C)C)cc1S(=O)(=O)N1CCCCC1. The van der Waals surface area contributed by atoms with Crippen molar-refractivity contribution >= 4 is 15.9 Å². The highest BCUT2D eigenvalue weighted by Gasteiger charge is 2.31. The van der Waals surface area contributed by atoms with Crippen LogP contribution in [-0.4, -0.2) is 43.8 Å². The van der Waals surface area contributed by atoms with Crippen LogP contribution in [0.4, 0.5) is 0 Å². The maximum Gasteiger partial charge on any atom is 0.251 e. The number of sulfonamides is 1. The van der Waals surface area contributed by atoms with Gasteiger partial charge in [-0.05, 0) is 50.3 Å². The number of nitrogens with zero attached hydrogens (tertiary/aromatic N) is 1. The van der Waals surface area contributed by atoms with Crippen molar-refractivity contribution in [1.29, 1.82) is 0 Å². The predicted molar refractivity (Wildman–Crippen MR) is 104 cm³/mol. The number of hydrogen-bond acceptors (Lipinski definition) is 4. The van der Waals surface area contributed by atoms with Crippen LogP contribution in [0.25, 0.3) is 0 Å². The van der Waals surface area contributed by atoms with Gasteiger partial charge in [-0.25, -0.2) is 8.42 Å². The number of aryl methyl sites for hydroxylation is 1. The van der Waals surface area contributed by atoms with E-state index in [9.17, 15) is 13.2 Å². The van der Waals surface area contributed by atoms with Gasteiger partial charge >= 0.3 is 0 Å². The van der Waals surface area contributed by atoms with Crippen LogP contribution >= 0.6 is 0 Å². The number of piperidine rings is 1. The van der Waals surface area contributed by atoms with Crippen molar-refractivity contribution in [2.75, 3.05) is 19.6 Å². The summed E-state index contributed by atoms with van der Waals surface area (Å²) in [6.45, 7) is 9.03. The van der Waals surface area contributed by atoms with E-state index in [0.29, 0.717) is 30.8 Å². The summed E-state index contributed by atoms with van der Waals surface area (Å²) in [5.41, 5.74) is 6.28. The molecule has 1 atom stereocenters. The van der Waals surface area contributed by atoms with Crippen molar-refractivity contribution in [3.63, 3.8) is 0 Å². The van der Waals surface area contributed by atoms with Crippen molar-refractivity contribution < 1.29 is 13.2 Å². The molecule has 2 rings (SSSR count). The Morgan fingerprint density at radius 1 is 1.27 bits per heavy atom. The molecule has 0 saturated carbocycles. The van der Waals surface area contributed by atoms with Crippen molar-refractivity contribution in [3.8, 4) is 0 Å². The predicted octanol–water partition coefficient (Wildman–Crippen LogP) is 2.27. The Bertz CT molecular complexity index is 755. The Balaban J connectivity index is 2.33. The molecule has 146 valence electrons. The van der Waals surface area contributed by atoms with Gasteiger partial charge in [0.1, 0.15) is 0 Å². The lowest BCUT2D eigenvalue weighted by Gasteiger charge is -2.33. The minimum Gasteiger partial charge on any atom is -0.345 e. The number of rotatable bonds is 6. The summed E-state index contributed by atoms with van der Waals surface area (Å²) in [5, 5.41) is 2.96. The summed E-state index contributed by atoms with van der Waals surface area (Å²) in [7, 11) is -3.59. The van der Waals surface area contributed by atoms with Crippen molar-refractivity contribution in [2.45, 2.75) is 57.4 Å². The first-order chi connectivity index (χ1) is 12.1. The fourth-order valence-electron chi connectivity index (χ4n) is 3.03. The molecule has 0 aromatic heterocycles. The zero-order valence-electron chi connectivity index (χ0n) is 16.2. The van der Waals surface area contributed by atoms with Crippen LogP contribution in [0.2, 0.25) is 0 Å². The van der Waals surface area contributed by atoms with Crippen LogP contribution in [0.3, 0.4) is 0 Å². The summed E-state index contributed by atoms with van der Waals surface area (Å²) in [4.78, 5) is 12.9. The third-order valence-corrected chi connectivity index (χ3v) is 7.52. The van der Waals surface area contributed by atoms with E-state index < -0.39 is 15.6 Å². The molecule has 1 fully saturated rings. The topological polar surface area (TPSA) is 92.5 Å². The second-order valence-corrected chi connectivity index (χ2v) is 9.58. The fraction of sp³-hybridized carbons (Fsp3) is 0.632. The average Bonchev–Trinajstić information content (AvgIpc) is 2.62. The Morgan fingerprint density at radius 2 is 1.88 bits per heavy atom. The first kappa shape index (κ1) is 20.9. The molecule has 1 aromatic rings. The lowest BCUT2D eigenvalue weighted by molar-refractivity contribution is 0.0883. The quantitative estimate of drug-likeness (QED) is 0.791. The number of carbonyl (C=O) groups excluding carboxylic acids is 1. The summed E-state index contributed by atoms with van der Waals surface area (Å²) < 4.78 is 27.5. The highest BCUT2D eigenvalue weighted by atomic mass is 32.2. The van der Waals surface area contributed by atoms with Gasteiger partial charge in [-0.3, -0.25) is 4.79 Å². The summed E-state index contributed by atoms with van der Waals surface area (Å²) in [5.74, 6) is -0.153. The van der Waals surface area contributed by atoms with Gasteiger partial charge in [0.2, 0.25) is 10.0 Å². The van der Waals surface area contributed by atoms with Crippen molar-refractivity contribution in [1.82, 2.24) is 9.62 Å². The van der Waals surface area contributed by atoms with Crippen LogP contribution < -0.4 is 11.1 Å². The molecular weight excluding hydrogens is 350 g/mol. The normalized spacial score (nSPS) is 18.5. The largest absolute Gasteiger partial charge is 0.345 e. The van der Waals surface area contributed by atoms with Crippen LogP contribution in [0.5, 0.6) is 0 Å². The molecule has 1 saturated heterocycles. The molecule has 0 spiro atoms. The molecular formula is C19H31N3O3S. The number of benzene rings is 1. The lowest BCUT2D eigenvalue weighted by Crippen LogP contribution is -2.55. The number of amides is 1. The zero-order chi connectivity index (χ0) is 19.5. The Hall–Kier alpha value is -1.44. The second kappa shape index (κ2) is 8.06. The first-order valence-electron chi connectivity index (χ1n) is 9.25. The number of hydrogen-bond donors (Lipinski definition) is 2. The molecule has 1 unspecified atom stereocenters.